The second-order valence-corrected chi connectivity index (χ2v) is 6.78. The monoisotopic (exact) mass is 365 g/mol. The molecule has 0 radical (unpaired) electrons. The van der Waals surface area contributed by atoms with Gasteiger partial charge in [0.2, 0.25) is 17.7 Å². The molecule has 1 heterocycles. The second-order valence-electron chi connectivity index (χ2n) is 6.78. The molecule has 2 N–H and O–H groups in total. The first-order chi connectivity index (χ1) is 13.0. The van der Waals surface area contributed by atoms with Crippen LogP contribution in [-0.2, 0) is 20.8 Å². The summed E-state index contributed by atoms with van der Waals surface area (Å²) in [4.78, 5) is 37.9. The summed E-state index contributed by atoms with van der Waals surface area (Å²) in [6.45, 7) is 2.37. The molecule has 0 bridgehead atoms. The van der Waals surface area contributed by atoms with Gasteiger partial charge in [0.25, 0.3) is 0 Å². The predicted octanol–water partition coefficient (Wildman–Crippen LogP) is 2.28. The zero-order valence-corrected chi connectivity index (χ0v) is 15.5. The lowest BCUT2D eigenvalue weighted by atomic mass is 10.1. The molecule has 6 nitrogen and oxygen atoms in total. The van der Waals surface area contributed by atoms with Crippen LogP contribution in [0.1, 0.15) is 17.5 Å². The molecule has 2 aromatic rings. The lowest BCUT2D eigenvalue weighted by Crippen LogP contribution is -2.28. The summed E-state index contributed by atoms with van der Waals surface area (Å²) < 4.78 is 0. The van der Waals surface area contributed by atoms with E-state index in [0.717, 1.165) is 16.8 Å². The van der Waals surface area contributed by atoms with Crippen LogP contribution < -0.4 is 15.5 Å². The van der Waals surface area contributed by atoms with Gasteiger partial charge in [0.15, 0.2) is 0 Å². The Kier molecular flexibility index (Phi) is 5.54. The Labute approximate surface area is 158 Å². The molecule has 2 aromatic carbocycles. The van der Waals surface area contributed by atoms with Crippen LogP contribution in [0.5, 0.6) is 0 Å². The molecule has 0 saturated carbocycles. The van der Waals surface area contributed by atoms with Crippen molar-refractivity contribution in [2.75, 3.05) is 23.8 Å². The van der Waals surface area contributed by atoms with Crippen molar-refractivity contribution in [3.05, 3.63) is 59.7 Å². The highest BCUT2D eigenvalue weighted by molar-refractivity contribution is 6.03. The minimum atomic E-state index is -0.385. The summed E-state index contributed by atoms with van der Waals surface area (Å²) in [5.74, 6) is -0.659. The third-order valence-corrected chi connectivity index (χ3v) is 4.71. The molecule has 3 rings (SSSR count). The maximum atomic E-state index is 12.5. The van der Waals surface area contributed by atoms with Crippen LogP contribution in [0.2, 0.25) is 0 Å². The molecular formula is C21H23N3O3. The molecule has 1 atom stereocenters. The van der Waals surface area contributed by atoms with Crippen LogP contribution in [0.25, 0.3) is 0 Å². The van der Waals surface area contributed by atoms with Crippen molar-refractivity contribution < 1.29 is 14.4 Å². The number of nitrogens with one attached hydrogen (secondary N) is 2. The molecule has 6 heteroatoms. The van der Waals surface area contributed by atoms with Gasteiger partial charge in [-0.15, -0.1) is 0 Å². The third kappa shape index (κ3) is 4.53. The van der Waals surface area contributed by atoms with Gasteiger partial charge >= 0.3 is 0 Å². The van der Waals surface area contributed by atoms with Crippen molar-refractivity contribution >= 4 is 29.1 Å². The second kappa shape index (κ2) is 8.03. The molecule has 0 aromatic heterocycles. The first-order valence-corrected chi connectivity index (χ1v) is 8.93. The fourth-order valence-electron chi connectivity index (χ4n) is 3.08. The first-order valence-electron chi connectivity index (χ1n) is 8.93. The van der Waals surface area contributed by atoms with E-state index in [1.54, 1.807) is 24.1 Å². The average molecular weight is 365 g/mol. The SMILES string of the molecule is CNC(=O)Cc1ccc(NC(=O)C2CC(=O)N(c3ccc(C)cc3)C2)cc1. The van der Waals surface area contributed by atoms with E-state index in [2.05, 4.69) is 10.6 Å². The van der Waals surface area contributed by atoms with E-state index in [1.807, 2.05) is 43.3 Å². The van der Waals surface area contributed by atoms with Gasteiger partial charge in [-0.05, 0) is 36.8 Å². The van der Waals surface area contributed by atoms with Crippen molar-refractivity contribution in [3.8, 4) is 0 Å². The van der Waals surface area contributed by atoms with Crippen molar-refractivity contribution in [3.63, 3.8) is 0 Å². The highest BCUT2D eigenvalue weighted by atomic mass is 16.2. The van der Waals surface area contributed by atoms with Crippen molar-refractivity contribution in [1.29, 1.82) is 0 Å². The van der Waals surface area contributed by atoms with E-state index in [-0.39, 0.29) is 30.1 Å². The molecule has 3 amide bonds. The number of carbonyl (C=O) groups excluding carboxylic acids is 3. The van der Waals surface area contributed by atoms with E-state index in [1.165, 1.54) is 0 Å². The Morgan fingerprint density at radius 2 is 1.74 bits per heavy atom. The summed E-state index contributed by atoms with van der Waals surface area (Å²) in [6, 6.07) is 14.9. The van der Waals surface area contributed by atoms with Crippen LogP contribution in [0, 0.1) is 12.8 Å². The van der Waals surface area contributed by atoms with Crippen molar-refractivity contribution in [1.82, 2.24) is 5.32 Å². The fourth-order valence-corrected chi connectivity index (χ4v) is 3.08. The third-order valence-electron chi connectivity index (χ3n) is 4.71. The number of benzene rings is 2. The highest BCUT2D eigenvalue weighted by Gasteiger charge is 2.35. The first kappa shape index (κ1) is 18.6. The highest BCUT2D eigenvalue weighted by Crippen LogP contribution is 2.26. The number of hydrogen-bond donors (Lipinski definition) is 2. The van der Waals surface area contributed by atoms with E-state index < -0.39 is 0 Å². The number of likely N-dealkylation sites (N-methyl/N-ethyl adjacent to an activating group) is 1. The van der Waals surface area contributed by atoms with E-state index in [4.69, 9.17) is 0 Å². The van der Waals surface area contributed by atoms with Crippen molar-refractivity contribution in [2.24, 2.45) is 5.92 Å². The maximum Gasteiger partial charge on any atom is 0.229 e. The Bertz CT molecular complexity index is 844. The molecule has 27 heavy (non-hydrogen) atoms. The molecule has 0 spiro atoms. The van der Waals surface area contributed by atoms with Crippen LogP contribution >= 0.6 is 0 Å². The molecule has 140 valence electrons. The van der Waals surface area contributed by atoms with Crippen LogP contribution in [-0.4, -0.2) is 31.3 Å². The van der Waals surface area contributed by atoms with Gasteiger partial charge in [0.05, 0.1) is 12.3 Å². The summed E-state index contributed by atoms with van der Waals surface area (Å²) >= 11 is 0. The predicted molar refractivity (Wildman–Crippen MR) is 104 cm³/mol. The van der Waals surface area contributed by atoms with Gasteiger partial charge in [-0.3, -0.25) is 14.4 Å². The van der Waals surface area contributed by atoms with Crippen LogP contribution in [0.4, 0.5) is 11.4 Å². The Morgan fingerprint density at radius 1 is 1.07 bits per heavy atom. The normalized spacial score (nSPS) is 16.3. The minimum Gasteiger partial charge on any atom is -0.359 e. The number of amides is 3. The van der Waals surface area contributed by atoms with Crippen LogP contribution in [0.3, 0.4) is 0 Å². The van der Waals surface area contributed by atoms with Gasteiger partial charge in [-0.25, -0.2) is 0 Å². The Morgan fingerprint density at radius 3 is 2.37 bits per heavy atom. The number of anilines is 2. The fraction of sp³-hybridized carbons (Fsp3) is 0.286. The maximum absolute atomic E-state index is 12.5. The van der Waals surface area contributed by atoms with Gasteiger partial charge in [0, 0.05) is 31.4 Å². The number of nitrogens with zero attached hydrogens (tertiary/aromatic N) is 1. The van der Waals surface area contributed by atoms with Gasteiger partial charge in [0.1, 0.15) is 0 Å². The van der Waals surface area contributed by atoms with E-state index in [9.17, 15) is 14.4 Å². The van der Waals surface area contributed by atoms with Gasteiger partial charge < -0.3 is 15.5 Å². The number of hydrogen-bond acceptors (Lipinski definition) is 3. The molecule has 1 unspecified atom stereocenters. The summed E-state index contributed by atoms with van der Waals surface area (Å²) in [5, 5.41) is 5.44. The number of rotatable bonds is 5. The zero-order valence-electron chi connectivity index (χ0n) is 15.5. The Balaban J connectivity index is 1.60. The summed E-state index contributed by atoms with van der Waals surface area (Å²) in [7, 11) is 1.60. The van der Waals surface area contributed by atoms with Crippen molar-refractivity contribution in [2.45, 2.75) is 19.8 Å². The standard InChI is InChI=1S/C21H23N3O3/c1-14-3-9-18(10-4-14)24-13-16(12-20(24)26)21(27)23-17-7-5-15(6-8-17)11-19(25)22-2/h3-10,16H,11-13H2,1-2H3,(H,22,25)(H,23,27). The quantitative estimate of drug-likeness (QED) is 0.853. The Hall–Kier alpha value is -3.15. The molecule has 1 aliphatic heterocycles. The van der Waals surface area contributed by atoms with Gasteiger partial charge in [-0.2, -0.15) is 0 Å². The summed E-state index contributed by atoms with van der Waals surface area (Å²) in [5.41, 5.74) is 3.47. The smallest absolute Gasteiger partial charge is 0.229 e. The van der Waals surface area contributed by atoms with E-state index >= 15 is 0 Å². The lowest BCUT2D eigenvalue weighted by molar-refractivity contribution is -0.122. The summed E-state index contributed by atoms with van der Waals surface area (Å²) in [6.07, 6.45) is 0.502. The molecule has 1 saturated heterocycles. The van der Waals surface area contributed by atoms with Gasteiger partial charge in [-0.1, -0.05) is 29.8 Å². The largest absolute Gasteiger partial charge is 0.359 e. The zero-order chi connectivity index (χ0) is 19.4. The topological polar surface area (TPSA) is 78.5 Å². The van der Waals surface area contributed by atoms with E-state index in [0.29, 0.717) is 18.7 Å². The molecule has 0 aliphatic carbocycles. The van der Waals surface area contributed by atoms with Crippen LogP contribution in [0.15, 0.2) is 48.5 Å². The average Bonchev–Trinajstić information content (AvgIpc) is 3.06. The number of aryl methyl sites for hydroxylation is 1. The molecule has 1 fully saturated rings. The lowest BCUT2D eigenvalue weighted by Gasteiger charge is -2.17. The molecule has 1 aliphatic rings. The number of carbonyl (C=O) groups is 3. The molecular weight excluding hydrogens is 342 g/mol. The minimum absolute atomic E-state index is 0.0417.